The standard InChI is InChI=1S/C32H38F2O2/c1-18(2)10-12-32(36)13-11-26-24-8-6-20-14-22(35)7-9-23(20)30(24)25(17-31(26,32)5)21-15-27(33)29(19(3)4)28(34)16-21/h14-16,18-19,24-26,36H,6-9,11,13,17H2,1-5H3/t24-,25+,26-,31-,32-/m0/s1. The van der Waals surface area contributed by atoms with Gasteiger partial charge in [-0.25, -0.2) is 8.78 Å². The van der Waals surface area contributed by atoms with Crippen LogP contribution in [0.1, 0.15) is 103 Å². The van der Waals surface area contributed by atoms with Crippen molar-refractivity contribution in [2.75, 3.05) is 0 Å². The third-order valence-electron chi connectivity index (χ3n) is 9.54. The van der Waals surface area contributed by atoms with Gasteiger partial charge in [0.25, 0.3) is 0 Å². The second-order valence-corrected chi connectivity index (χ2v) is 12.4. The first-order chi connectivity index (χ1) is 16.9. The van der Waals surface area contributed by atoms with Crippen molar-refractivity contribution < 1.29 is 18.7 Å². The van der Waals surface area contributed by atoms with Crippen molar-refractivity contribution in [1.82, 2.24) is 0 Å². The van der Waals surface area contributed by atoms with E-state index in [0.29, 0.717) is 31.2 Å². The molecule has 0 bridgehead atoms. The van der Waals surface area contributed by atoms with Crippen molar-refractivity contribution in [3.05, 3.63) is 57.7 Å². The number of hydrogen-bond acceptors (Lipinski definition) is 2. The highest BCUT2D eigenvalue weighted by molar-refractivity contribution is 5.93. The van der Waals surface area contributed by atoms with E-state index < -0.39 is 22.7 Å². The predicted molar refractivity (Wildman–Crippen MR) is 138 cm³/mol. The van der Waals surface area contributed by atoms with Crippen molar-refractivity contribution in [3.8, 4) is 11.8 Å². The molecule has 4 heteroatoms. The Balaban J connectivity index is 1.70. The minimum Gasteiger partial charge on any atom is -0.377 e. The molecule has 1 aromatic carbocycles. The van der Waals surface area contributed by atoms with E-state index in [4.69, 9.17) is 0 Å². The number of aliphatic hydroxyl groups is 1. The first-order valence-electron chi connectivity index (χ1n) is 13.7. The number of allylic oxidation sites excluding steroid dienone is 4. The molecule has 192 valence electrons. The van der Waals surface area contributed by atoms with Crippen LogP contribution in [0.2, 0.25) is 0 Å². The fourth-order valence-corrected chi connectivity index (χ4v) is 7.79. The summed E-state index contributed by atoms with van der Waals surface area (Å²) < 4.78 is 30.5. The zero-order valence-corrected chi connectivity index (χ0v) is 22.2. The molecule has 5 rings (SSSR count). The van der Waals surface area contributed by atoms with Gasteiger partial charge in [-0.1, -0.05) is 52.0 Å². The topological polar surface area (TPSA) is 37.3 Å². The Morgan fingerprint density at radius 1 is 1.06 bits per heavy atom. The highest BCUT2D eigenvalue weighted by atomic mass is 19.1. The van der Waals surface area contributed by atoms with Crippen LogP contribution < -0.4 is 0 Å². The molecule has 0 radical (unpaired) electrons. The van der Waals surface area contributed by atoms with Crippen LogP contribution in [-0.2, 0) is 4.79 Å². The van der Waals surface area contributed by atoms with Crippen LogP contribution in [0.3, 0.4) is 0 Å². The van der Waals surface area contributed by atoms with Crippen LogP contribution >= 0.6 is 0 Å². The number of hydrogen-bond donors (Lipinski definition) is 1. The molecule has 36 heavy (non-hydrogen) atoms. The van der Waals surface area contributed by atoms with Crippen molar-refractivity contribution >= 4 is 5.78 Å². The molecule has 2 nitrogen and oxygen atoms in total. The Bertz CT molecular complexity index is 1200. The molecule has 0 aromatic heterocycles. The third kappa shape index (κ3) is 3.90. The second-order valence-electron chi connectivity index (χ2n) is 12.4. The van der Waals surface area contributed by atoms with Crippen molar-refractivity contribution in [1.29, 1.82) is 0 Å². The number of ketones is 1. The maximum atomic E-state index is 15.3. The van der Waals surface area contributed by atoms with Crippen molar-refractivity contribution in [3.63, 3.8) is 0 Å². The van der Waals surface area contributed by atoms with Crippen LogP contribution in [0.4, 0.5) is 8.78 Å². The molecule has 2 saturated carbocycles. The summed E-state index contributed by atoms with van der Waals surface area (Å²) in [4.78, 5) is 12.2. The van der Waals surface area contributed by atoms with E-state index in [1.807, 2.05) is 13.8 Å². The van der Waals surface area contributed by atoms with Gasteiger partial charge in [0.15, 0.2) is 5.78 Å². The van der Waals surface area contributed by atoms with Crippen molar-refractivity contribution in [2.45, 2.75) is 97.0 Å². The number of carbonyl (C=O) groups excluding carboxylic acids is 1. The molecule has 5 atom stereocenters. The Kier molecular flexibility index (Phi) is 6.31. The molecular weight excluding hydrogens is 454 g/mol. The molecule has 0 aliphatic heterocycles. The average molecular weight is 493 g/mol. The van der Waals surface area contributed by atoms with Gasteiger partial charge in [0.1, 0.15) is 17.2 Å². The zero-order chi connectivity index (χ0) is 26.0. The summed E-state index contributed by atoms with van der Waals surface area (Å²) in [5.41, 5.74) is 2.77. The molecule has 1 aromatic rings. The van der Waals surface area contributed by atoms with Gasteiger partial charge in [-0.05, 0) is 91.2 Å². The van der Waals surface area contributed by atoms with Gasteiger partial charge in [0.05, 0.1) is 0 Å². The lowest BCUT2D eigenvalue weighted by atomic mass is 9.51. The molecule has 4 aliphatic carbocycles. The number of halogens is 2. The Morgan fingerprint density at radius 2 is 1.75 bits per heavy atom. The summed E-state index contributed by atoms with van der Waals surface area (Å²) >= 11 is 0. The Hall–Kier alpha value is -2.25. The lowest BCUT2D eigenvalue weighted by molar-refractivity contribution is -0.114. The Labute approximate surface area is 214 Å². The van der Waals surface area contributed by atoms with Gasteiger partial charge < -0.3 is 5.11 Å². The van der Waals surface area contributed by atoms with Gasteiger partial charge in [0.2, 0.25) is 0 Å². The van der Waals surface area contributed by atoms with E-state index in [0.717, 1.165) is 24.8 Å². The molecule has 0 heterocycles. The molecule has 0 spiro atoms. The second kappa shape index (κ2) is 8.95. The van der Waals surface area contributed by atoms with E-state index in [1.165, 1.54) is 23.3 Å². The summed E-state index contributed by atoms with van der Waals surface area (Å²) in [6.45, 7) is 9.81. The number of fused-ring (bicyclic) bond motifs is 4. The van der Waals surface area contributed by atoms with E-state index >= 15 is 8.78 Å². The van der Waals surface area contributed by atoms with E-state index in [-0.39, 0.29) is 40.9 Å². The zero-order valence-electron chi connectivity index (χ0n) is 22.2. The molecular formula is C32H38F2O2. The Morgan fingerprint density at radius 3 is 2.39 bits per heavy atom. The lowest BCUT2D eigenvalue weighted by Gasteiger charge is -2.53. The fraction of sp³-hybridized carbons (Fsp3) is 0.594. The largest absolute Gasteiger partial charge is 0.377 e. The average Bonchev–Trinajstić information content (AvgIpc) is 3.06. The maximum Gasteiger partial charge on any atom is 0.156 e. The van der Waals surface area contributed by atoms with Gasteiger partial charge in [0, 0.05) is 29.2 Å². The van der Waals surface area contributed by atoms with Gasteiger partial charge >= 0.3 is 0 Å². The van der Waals surface area contributed by atoms with Crippen LogP contribution in [-0.4, -0.2) is 16.5 Å². The van der Waals surface area contributed by atoms with Crippen LogP contribution in [0.25, 0.3) is 0 Å². The quantitative estimate of drug-likeness (QED) is 0.438. The molecule has 0 saturated heterocycles. The fourth-order valence-electron chi connectivity index (χ4n) is 7.79. The molecule has 2 fully saturated rings. The van der Waals surface area contributed by atoms with Crippen molar-refractivity contribution in [2.24, 2.45) is 23.2 Å². The minimum absolute atomic E-state index is 0.125. The van der Waals surface area contributed by atoms with E-state index in [1.54, 1.807) is 19.9 Å². The molecule has 0 unspecified atom stereocenters. The van der Waals surface area contributed by atoms with Crippen LogP contribution in [0.5, 0.6) is 0 Å². The summed E-state index contributed by atoms with van der Waals surface area (Å²) in [6.07, 6.45) is 6.84. The number of carbonyl (C=O) groups is 1. The normalized spacial score (nSPS) is 33.7. The van der Waals surface area contributed by atoms with Crippen LogP contribution in [0.15, 0.2) is 34.9 Å². The van der Waals surface area contributed by atoms with Gasteiger partial charge in [-0.3, -0.25) is 4.79 Å². The first-order valence-corrected chi connectivity index (χ1v) is 13.7. The predicted octanol–water partition coefficient (Wildman–Crippen LogP) is 7.38. The van der Waals surface area contributed by atoms with Gasteiger partial charge in [-0.2, -0.15) is 0 Å². The smallest absolute Gasteiger partial charge is 0.156 e. The molecule has 1 N–H and O–H groups in total. The lowest BCUT2D eigenvalue weighted by Crippen LogP contribution is -2.51. The molecule has 4 aliphatic rings. The summed E-state index contributed by atoms with van der Waals surface area (Å²) in [5.74, 6) is 5.83. The summed E-state index contributed by atoms with van der Waals surface area (Å²) in [5, 5.41) is 11.9. The highest BCUT2D eigenvalue weighted by Crippen LogP contribution is 2.66. The minimum atomic E-state index is -1.12. The number of benzene rings is 1. The highest BCUT2D eigenvalue weighted by Gasteiger charge is 2.62. The monoisotopic (exact) mass is 492 g/mol. The molecule has 0 amide bonds. The summed E-state index contributed by atoms with van der Waals surface area (Å²) in [7, 11) is 0. The summed E-state index contributed by atoms with van der Waals surface area (Å²) in [6, 6.07) is 3.05. The van der Waals surface area contributed by atoms with Gasteiger partial charge in [-0.15, -0.1) is 0 Å². The van der Waals surface area contributed by atoms with E-state index in [9.17, 15) is 9.90 Å². The third-order valence-corrected chi connectivity index (χ3v) is 9.54. The number of rotatable bonds is 2. The first kappa shape index (κ1) is 25.4. The maximum absolute atomic E-state index is 15.3. The van der Waals surface area contributed by atoms with Crippen LogP contribution in [0, 0.1) is 46.6 Å². The van der Waals surface area contributed by atoms with E-state index in [2.05, 4.69) is 18.8 Å². The SMILES string of the molecule is CC(C)C#C[C@]1(O)CC[C@H]2[C@@H]3CCC4=CC(=O)CCC4=C3[C@@H](c3cc(F)c(C(C)C)c(F)c3)C[C@@]21C.